The van der Waals surface area contributed by atoms with E-state index < -0.39 is 0 Å². The Morgan fingerprint density at radius 1 is 1.43 bits per heavy atom. The Balaban J connectivity index is 0.00000220. The third-order valence-corrected chi connectivity index (χ3v) is 5.02. The molecule has 0 spiro atoms. The van der Waals surface area contributed by atoms with Gasteiger partial charge in [0.25, 0.3) is 0 Å². The van der Waals surface area contributed by atoms with Crippen LogP contribution in [0.5, 0.6) is 0 Å². The van der Waals surface area contributed by atoms with Crippen LogP contribution in [0.2, 0.25) is 0 Å². The molecule has 1 heterocycles. The molecule has 1 aromatic carbocycles. The fourth-order valence-corrected chi connectivity index (χ4v) is 3.54. The van der Waals surface area contributed by atoms with E-state index in [1.807, 2.05) is 11.9 Å². The smallest absolute Gasteiger partial charge is 0.232 e. The molecule has 5 heteroatoms. The minimum Gasteiger partial charge on any atom is -0.340 e. The summed E-state index contributed by atoms with van der Waals surface area (Å²) < 4.78 is 0. The maximum absolute atomic E-state index is 12.3. The molecule has 0 aliphatic carbocycles. The fraction of sp³-hybridized carbons (Fsp3) is 0.562. The summed E-state index contributed by atoms with van der Waals surface area (Å²) in [5, 5.41) is 3.28. The highest BCUT2D eigenvalue weighted by Gasteiger charge is 2.22. The second-order valence-corrected chi connectivity index (χ2v) is 6.54. The first kappa shape index (κ1) is 18.3. The van der Waals surface area contributed by atoms with Gasteiger partial charge in [0.15, 0.2) is 0 Å². The number of carbonyl (C=O) groups is 1. The molecule has 1 aromatic rings. The summed E-state index contributed by atoms with van der Waals surface area (Å²) >= 11 is 1.65. The number of amides is 1. The van der Waals surface area contributed by atoms with Crippen molar-refractivity contribution in [3.05, 3.63) is 29.3 Å². The highest BCUT2D eigenvalue weighted by atomic mass is 35.5. The first-order chi connectivity index (χ1) is 9.60. The minimum absolute atomic E-state index is 0. The average Bonchev–Trinajstić information content (AvgIpc) is 2.46. The molecule has 118 valence electrons. The molecule has 1 N–H and O–H groups in total. The predicted octanol–water partition coefficient (Wildman–Crippen LogP) is 3.03. The third kappa shape index (κ3) is 5.20. The standard InChI is InChI=1S/C16H24N2OS.ClH/c1-12-6-7-15(13(2)9-12)20-11-16(19)18-8-4-5-14(10-18)17-3;/h6-7,9,14,17H,4-5,8,10-11H2,1-3H3;1H. The Kier molecular flexibility index (Phi) is 7.57. The number of halogens is 1. The van der Waals surface area contributed by atoms with Crippen LogP contribution in [0.3, 0.4) is 0 Å². The number of likely N-dealkylation sites (tertiary alicyclic amines) is 1. The fourth-order valence-electron chi connectivity index (χ4n) is 2.63. The zero-order valence-electron chi connectivity index (χ0n) is 13.0. The number of nitrogens with zero attached hydrogens (tertiary/aromatic N) is 1. The van der Waals surface area contributed by atoms with Crippen LogP contribution in [0.15, 0.2) is 23.1 Å². The van der Waals surface area contributed by atoms with E-state index in [2.05, 4.69) is 37.4 Å². The maximum Gasteiger partial charge on any atom is 0.232 e. The Morgan fingerprint density at radius 3 is 2.86 bits per heavy atom. The van der Waals surface area contributed by atoms with Crippen molar-refractivity contribution in [2.75, 3.05) is 25.9 Å². The summed E-state index contributed by atoms with van der Waals surface area (Å²) in [5.74, 6) is 0.801. The van der Waals surface area contributed by atoms with Crippen molar-refractivity contribution in [1.82, 2.24) is 10.2 Å². The lowest BCUT2D eigenvalue weighted by Gasteiger charge is -2.32. The van der Waals surface area contributed by atoms with Crippen molar-refractivity contribution in [2.24, 2.45) is 0 Å². The van der Waals surface area contributed by atoms with Gasteiger partial charge in [-0.3, -0.25) is 4.79 Å². The minimum atomic E-state index is 0. The molecular weight excluding hydrogens is 304 g/mol. The zero-order chi connectivity index (χ0) is 14.5. The summed E-state index contributed by atoms with van der Waals surface area (Å²) in [6.07, 6.45) is 2.27. The first-order valence-electron chi connectivity index (χ1n) is 7.25. The molecule has 1 unspecified atom stereocenters. The molecule has 0 bridgehead atoms. The number of hydrogen-bond donors (Lipinski definition) is 1. The normalized spacial score (nSPS) is 18.2. The van der Waals surface area contributed by atoms with Crippen molar-refractivity contribution in [3.63, 3.8) is 0 Å². The Labute approximate surface area is 138 Å². The maximum atomic E-state index is 12.3. The SMILES string of the molecule is CNC1CCCN(C(=O)CSc2ccc(C)cc2C)C1.Cl. The molecule has 1 amide bonds. The molecule has 3 nitrogen and oxygen atoms in total. The van der Waals surface area contributed by atoms with Crippen molar-refractivity contribution in [3.8, 4) is 0 Å². The van der Waals surface area contributed by atoms with Crippen molar-refractivity contribution in [1.29, 1.82) is 0 Å². The molecular formula is C16H25ClN2OS. The molecule has 0 aromatic heterocycles. The van der Waals surface area contributed by atoms with E-state index in [4.69, 9.17) is 0 Å². The lowest BCUT2D eigenvalue weighted by molar-refractivity contribution is -0.129. The van der Waals surface area contributed by atoms with E-state index in [-0.39, 0.29) is 18.3 Å². The molecule has 1 aliphatic heterocycles. The van der Waals surface area contributed by atoms with Gasteiger partial charge in [-0.15, -0.1) is 24.2 Å². The Morgan fingerprint density at radius 2 is 2.19 bits per heavy atom. The van der Waals surface area contributed by atoms with Gasteiger partial charge < -0.3 is 10.2 Å². The number of thioether (sulfide) groups is 1. The van der Waals surface area contributed by atoms with E-state index >= 15 is 0 Å². The monoisotopic (exact) mass is 328 g/mol. The van der Waals surface area contributed by atoms with Crippen LogP contribution in [0, 0.1) is 13.8 Å². The van der Waals surface area contributed by atoms with E-state index in [0.29, 0.717) is 11.8 Å². The van der Waals surface area contributed by atoms with Gasteiger partial charge in [-0.05, 0) is 45.4 Å². The summed E-state index contributed by atoms with van der Waals surface area (Å²) in [6, 6.07) is 6.86. The van der Waals surface area contributed by atoms with Gasteiger partial charge in [0, 0.05) is 24.0 Å². The van der Waals surface area contributed by atoms with Crippen LogP contribution in [0.1, 0.15) is 24.0 Å². The van der Waals surface area contributed by atoms with E-state index in [0.717, 1.165) is 19.5 Å². The van der Waals surface area contributed by atoms with Gasteiger partial charge in [-0.1, -0.05) is 17.7 Å². The Bertz CT molecular complexity index is 481. The lowest BCUT2D eigenvalue weighted by Crippen LogP contribution is -2.47. The Hall–Kier alpha value is -0.710. The molecule has 21 heavy (non-hydrogen) atoms. The summed E-state index contributed by atoms with van der Waals surface area (Å²) in [7, 11) is 1.98. The van der Waals surface area contributed by atoms with E-state index in [9.17, 15) is 4.79 Å². The predicted molar refractivity (Wildman–Crippen MR) is 92.5 cm³/mol. The quantitative estimate of drug-likeness (QED) is 0.862. The molecule has 0 radical (unpaired) electrons. The van der Waals surface area contributed by atoms with Gasteiger partial charge in [0.2, 0.25) is 5.91 Å². The number of rotatable bonds is 4. The zero-order valence-corrected chi connectivity index (χ0v) is 14.6. The number of carbonyl (C=O) groups excluding carboxylic acids is 1. The average molecular weight is 329 g/mol. The molecule has 1 atom stereocenters. The lowest BCUT2D eigenvalue weighted by atomic mass is 10.1. The summed E-state index contributed by atoms with van der Waals surface area (Å²) in [6.45, 7) is 5.96. The summed E-state index contributed by atoms with van der Waals surface area (Å²) in [5.41, 5.74) is 2.53. The van der Waals surface area contributed by atoms with Gasteiger partial charge >= 0.3 is 0 Å². The van der Waals surface area contributed by atoms with E-state index in [1.54, 1.807) is 11.8 Å². The first-order valence-corrected chi connectivity index (χ1v) is 8.24. The topological polar surface area (TPSA) is 32.3 Å². The van der Waals surface area contributed by atoms with Crippen LogP contribution in [0.4, 0.5) is 0 Å². The molecule has 1 fully saturated rings. The highest BCUT2D eigenvalue weighted by molar-refractivity contribution is 8.00. The second-order valence-electron chi connectivity index (χ2n) is 5.53. The van der Waals surface area contributed by atoms with Crippen molar-refractivity contribution < 1.29 is 4.79 Å². The number of hydrogen-bond acceptors (Lipinski definition) is 3. The number of piperidine rings is 1. The number of nitrogens with one attached hydrogen (secondary N) is 1. The number of benzene rings is 1. The second kappa shape index (κ2) is 8.66. The van der Waals surface area contributed by atoms with Gasteiger partial charge in [0.05, 0.1) is 5.75 Å². The molecule has 2 rings (SSSR count). The van der Waals surface area contributed by atoms with Crippen LogP contribution in [-0.2, 0) is 4.79 Å². The number of likely N-dealkylation sites (N-methyl/N-ethyl adjacent to an activating group) is 1. The summed E-state index contributed by atoms with van der Waals surface area (Å²) in [4.78, 5) is 15.5. The third-order valence-electron chi connectivity index (χ3n) is 3.86. The van der Waals surface area contributed by atoms with Crippen molar-refractivity contribution in [2.45, 2.75) is 37.6 Å². The van der Waals surface area contributed by atoms with Crippen LogP contribution >= 0.6 is 24.2 Å². The largest absolute Gasteiger partial charge is 0.340 e. The van der Waals surface area contributed by atoms with Gasteiger partial charge in [0.1, 0.15) is 0 Å². The molecule has 0 saturated carbocycles. The molecule has 1 aliphatic rings. The van der Waals surface area contributed by atoms with Gasteiger partial charge in [-0.25, -0.2) is 0 Å². The van der Waals surface area contributed by atoms with Gasteiger partial charge in [-0.2, -0.15) is 0 Å². The van der Waals surface area contributed by atoms with Crippen LogP contribution in [-0.4, -0.2) is 42.7 Å². The van der Waals surface area contributed by atoms with Crippen LogP contribution < -0.4 is 5.32 Å². The van der Waals surface area contributed by atoms with E-state index in [1.165, 1.54) is 22.4 Å². The number of aryl methyl sites for hydroxylation is 2. The van der Waals surface area contributed by atoms with Crippen LogP contribution in [0.25, 0.3) is 0 Å². The van der Waals surface area contributed by atoms with Crippen molar-refractivity contribution >= 4 is 30.1 Å². The molecule has 1 saturated heterocycles. The highest BCUT2D eigenvalue weighted by Crippen LogP contribution is 2.24.